The Morgan fingerprint density at radius 2 is 1.68 bits per heavy atom. The molecule has 2 unspecified atom stereocenters. The summed E-state index contributed by atoms with van der Waals surface area (Å²) in [6.45, 7) is 10.4. The van der Waals surface area contributed by atoms with Gasteiger partial charge in [-0.15, -0.1) is 24.8 Å². The lowest BCUT2D eigenvalue weighted by Crippen LogP contribution is -2.48. The first kappa shape index (κ1) is 17.5. The molecule has 114 valence electrons. The first-order valence-corrected chi connectivity index (χ1v) is 7.18. The maximum absolute atomic E-state index is 5.38. The Bertz CT molecular complexity index is 252. The normalized spacial score (nSPS) is 32.2. The van der Waals surface area contributed by atoms with Crippen molar-refractivity contribution in [1.82, 2.24) is 15.1 Å². The third-order valence-corrected chi connectivity index (χ3v) is 4.58. The van der Waals surface area contributed by atoms with Crippen molar-refractivity contribution >= 4 is 24.8 Å². The van der Waals surface area contributed by atoms with E-state index in [1.807, 2.05) is 0 Å². The number of morpholine rings is 1. The summed E-state index contributed by atoms with van der Waals surface area (Å²) in [5, 5.41) is 3.63. The SMILES string of the molecule is C1CC2CN(CCN3CCOCC3)CCC2N1.Cl.Cl. The van der Waals surface area contributed by atoms with Crippen LogP contribution in [-0.2, 0) is 4.74 Å². The number of nitrogens with zero attached hydrogens (tertiary/aromatic N) is 2. The van der Waals surface area contributed by atoms with E-state index in [1.165, 1.54) is 45.6 Å². The van der Waals surface area contributed by atoms with Gasteiger partial charge in [0, 0.05) is 38.8 Å². The maximum atomic E-state index is 5.38. The number of ether oxygens (including phenoxy) is 1. The molecule has 0 aromatic heterocycles. The molecule has 0 saturated carbocycles. The van der Waals surface area contributed by atoms with E-state index in [1.54, 1.807) is 0 Å². The molecule has 0 aliphatic carbocycles. The monoisotopic (exact) mass is 311 g/mol. The molecule has 0 amide bonds. The highest BCUT2D eigenvalue weighted by Gasteiger charge is 2.32. The average molecular weight is 312 g/mol. The minimum Gasteiger partial charge on any atom is -0.379 e. The van der Waals surface area contributed by atoms with Gasteiger partial charge in [-0.2, -0.15) is 0 Å². The molecule has 0 aromatic carbocycles. The Labute approximate surface area is 129 Å². The second-order valence-corrected chi connectivity index (χ2v) is 5.65. The summed E-state index contributed by atoms with van der Waals surface area (Å²) in [6, 6.07) is 0.828. The Morgan fingerprint density at radius 3 is 2.47 bits per heavy atom. The third kappa shape index (κ3) is 4.73. The van der Waals surface area contributed by atoms with Crippen LogP contribution in [0, 0.1) is 5.92 Å². The van der Waals surface area contributed by atoms with Gasteiger partial charge >= 0.3 is 0 Å². The molecule has 1 N–H and O–H groups in total. The smallest absolute Gasteiger partial charge is 0.0594 e. The van der Waals surface area contributed by atoms with Crippen molar-refractivity contribution in [2.24, 2.45) is 5.92 Å². The highest BCUT2D eigenvalue weighted by atomic mass is 35.5. The molecule has 3 rings (SSSR count). The second-order valence-electron chi connectivity index (χ2n) is 5.65. The van der Waals surface area contributed by atoms with E-state index < -0.39 is 0 Å². The van der Waals surface area contributed by atoms with Gasteiger partial charge in [0.1, 0.15) is 0 Å². The molecule has 4 nitrogen and oxygen atoms in total. The molecule has 0 radical (unpaired) electrons. The number of piperidine rings is 1. The molecule has 3 aliphatic rings. The van der Waals surface area contributed by atoms with Crippen molar-refractivity contribution in [3.8, 4) is 0 Å². The molecule has 0 spiro atoms. The number of rotatable bonds is 3. The minimum atomic E-state index is 0. The van der Waals surface area contributed by atoms with Gasteiger partial charge in [0.2, 0.25) is 0 Å². The molecule has 0 bridgehead atoms. The number of nitrogens with one attached hydrogen (secondary N) is 1. The lowest BCUT2D eigenvalue weighted by Gasteiger charge is -2.36. The third-order valence-electron chi connectivity index (χ3n) is 4.58. The van der Waals surface area contributed by atoms with E-state index in [0.29, 0.717) is 0 Å². The van der Waals surface area contributed by atoms with Crippen molar-refractivity contribution in [2.45, 2.75) is 18.9 Å². The summed E-state index contributed by atoms with van der Waals surface area (Å²) < 4.78 is 5.38. The number of hydrogen-bond donors (Lipinski definition) is 1. The molecule has 6 heteroatoms. The van der Waals surface area contributed by atoms with Gasteiger partial charge in [-0.05, 0) is 31.8 Å². The van der Waals surface area contributed by atoms with Gasteiger partial charge in [0.15, 0.2) is 0 Å². The lowest BCUT2D eigenvalue weighted by molar-refractivity contribution is 0.0305. The van der Waals surface area contributed by atoms with Crippen molar-refractivity contribution in [2.75, 3.05) is 59.0 Å². The lowest BCUT2D eigenvalue weighted by atomic mass is 9.93. The van der Waals surface area contributed by atoms with Crippen molar-refractivity contribution in [3.05, 3.63) is 0 Å². The summed E-state index contributed by atoms with van der Waals surface area (Å²) in [5.74, 6) is 0.924. The van der Waals surface area contributed by atoms with E-state index >= 15 is 0 Å². The second kappa shape index (κ2) is 8.65. The van der Waals surface area contributed by atoms with Gasteiger partial charge < -0.3 is 15.0 Å². The van der Waals surface area contributed by atoms with E-state index in [9.17, 15) is 0 Å². The molecule has 3 fully saturated rings. The summed E-state index contributed by atoms with van der Waals surface area (Å²) in [7, 11) is 0. The number of likely N-dealkylation sites (tertiary alicyclic amines) is 1. The molecular weight excluding hydrogens is 285 g/mol. The number of hydrogen-bond acceptors (Lipinski definition) is 4. The fourth-order valence-electron chi connectivity index (χ4n) is 3.43. The Balaban J connectivity index is 0.000000902. The minimum absolute atomic E-state index is 0. The van der Waals surface area contributed by atoms with Gasteiger partial charge in [0.25, 0.3) is 0 Å². The largest absolute Gasteiger partial charge is 0.379 e. The van der Waals surface area contributed by atoms with E-state index in [4.69, 9.17) is 4.74 Å². The van der Waals surface area contributed by atoms with Crippen LogP contribution in [0.1, 0.15) is 12.8 Å². The topological polar surface area (TPSA) is 27.7 Å². The fourth-order valence-corrected chi connectivity index (χ4v) is 3.43. The molecule has 2 atom stereocenters. The van der Waals surface area contributed by atoms with Crippen LogP contribution in [-0.4, -0.2) is 74.9 Å². The van der Waals surface area contributed by atoms with Crippen molar-refractivity contribution < 1.29 is 4.74 Å². The molecule has 19 heavy (non-hydrogen) atoms. The van der Waals surface area contributed by atoms with Gasteiger partial charge in [-0.25, -0.2) is 0 Å². The van der Waals surface area contributed by atoms with Gasteiger partial charge in [-0.1, -0.05) is 0 Å². The Kier molecular flexibility index (Phi) is 7.95. The highest BCUT2D eigenvalue weighted by Crippen LogP contribution is 2.24. The summed E-state index contributed by atoms with van der Waals surface area (Å²) in [4.78, 5) is 5.21. The Hall–Kier alpha value is 0.420. The molecule has 3 heterocycles. The molecule has 3 aliphatic heterocycles. The van der Waals surface area contributed by atoms with Crippen LogP contribution in [0.4, 0.5) is 0 Å². The van der Waals surface area contributed by atoms with Gasteiger partial charge in [0.05, 0.1) is 13.2 Å². The quantitative estimate of drug-likeness (QED) is 0.836. The molecule has 3 saturated heterocycles. The van der Waals surface area contributed by atoms with Crippen molar-refractivity contribution in [1.29, 1.82) is 0 Å². The summed E-state index contributed by atoms with van der Waals surface area (Å²) >= 11 is 0. The van der Waals surface area contributed by atoms with Crippen LogP contribution < -0.4 is 5.32 Å². The highest BCUT2D eigenvalue weighted by molar-refractivity contribution is 5.85. The van der Waals surface area contributed by atoms with E-state index in [0.717, 1.165) is 38.3 Å². The number of fused-ring (bicyclic) bond motifs is 1. The van der Waals surface area contributed by atoms with Crippen LogP contribution in [0.5, 0.6) is 0 Å². The predicted octanol–water partition coefficient (Wildman–Crippen LogP) is 0.846. The predicted molar refractivity (Wildman–Crippen MR) is 82.7 cm³/mol. The van der Waals surface area contributed by atoms with Crippen LogP contribution in [0.3, 0.4) is 0 Å². The fraction of sp³-hybridized carbons (Fsp3) is 1.00. The maximum Gasteiger partial charge on any atom is 0.0594 e. The number of halogens is 2. The van der Waals surface area contributed by atoms with Crippen LogP contribution in [0.2, 0.25) is 0 Å². The van der Waals surface area contributed by atoms with Crippen LogP contribution in [0.25, 0.3) is 0 Å². The van der Waals surface area contributed by atoms with Crippen molar-refractivity contribution in [3.63, 3.8) is 0 Å². The average Bonchev–Trinajstić information content (AvgIpc) is 2.85. The zero-order chi connectivity index (χ0) is 11.5. The Morgan fingerprint density at radius 1 is 0.947 bits per heavy atom. The zero-order valence-electron chi connectivity index (χ0n) is 11.6. The van der Waals surface area contributed by atoms with Gasteiger partial charge in [-0.3, -0.25) is 4.90 Å². The molecular formula is C13H27Cl2N3O. The standard InChI is InChI=1S/C13H25N3O.2ClH/c1-3-14-13-2-4-16(11-12(1)13)6-5-15-7-9-17-10-8-15;;/h12-14H,1-11H2;2*1H. The first-order valence-electron chi connectivity index (χ1n) is 7.18. The van der Waals surface area contributed by atoms with E-state index in [-0.39, 0.29) is 24.8 Å². The van der Waals surface area contributed by atoms with Crippen LogP contribution in [0.15, 0.2) is 0 Å². The summed E-state index contributed by atoms with van der Waals surface area (Å²) in [5.41, 5.74) is 0. The van der Waals surface area contributed by atoms with E-state index in [2.05, 4.69) is 15.1 Å². The first-order chi connectivity index (χ1) is 8.42. The zero-order valence-corrected chi connectivity index (χ0v) is 13.2. The summed E-state index contributed by atoms with van der Waals surface area (Å²) in [6.07, 6.45) is 2.74. The van der Waals surface area contributed by atoms with Crippen LogP contribution >= 0.6 is 24.8 Å². The molecule has 0 aromatic rings.